The predicted octanol–water partition coefficient (Wildman–Crippen LogP) is 4.80. The molecule has 0 unspecified atom stereocenters. The van der Waals surface area contributed by atoms with E-state index in [1.54, 1.807) is 0 Å². The van der Waals surface area contributed by atoms with E-state index < -0.39 is 0 Å². The molecule has 0 amide bonds. The Bertz CT molecular complexity index is 464. The standard InChI is InChI=1S/C17H24Br2N2/c18-13-14-4-5-17(16(19)12-14)21-10-6-15(7-11-21)20-8-2-1-3-9-20/h4-5,12,15H,1-3,6-11,13H2. The summed E-state index contributed by atoms with van der Waals surface area (Å²) in [6, 6.07) is 7.55. The molecule has 0 radical (unpaired) electrons. The molecule has 1 aromatic rings. The van der Waals surface area contributed by atoms with Crippen molar-refractivity contribution < 1.29 is 0 Å². The van der Waals surface area contributed by atoms with Gasteiger partial charge in [-0.2, -0.15) is 0 Å². The van der Waals surface area contributed by atoms with Gasteiger partial charge in [0, 0.05) is 28.9 Å². The van der Waals surface area contributed by atoms with Crippen molar-refractivity contribution in [2.75, 3.05) is 31.1 Å². The molecule has 4 heteroatoms. The highest BCUT2D eigenvalue weighted by Crippen LogP contribution is 2.31. The number of benzene rings is 1. The van der Waals surface area contributed by atoms with Crippen LogP contribution in [0.2, 0.25) is 0 Å². The second kappa shape index (κ2) is 7.47. The summed E-state index contributed by atoms with van der Waals surface area (Å²) in [5, 5.41) is 0.920. The number of nitrogens with zero attached hydrogens (tertiary/aromatic N) is 2. The monoisotopic (exact) mass is 414 g/mol. The van der Waals surface area contributed by atoms with Crippen LogP contribution in [-0.2, 0) is 5.33 Å². The summed E-state index contributed by atoms with van der Waals surface area (Å²) in [4.78, 5) is 5.28. The summed E-state index contributed by atoms with van der Waals surface area (Å²) in [5.41, 5.74) is 2.69. The van der Waals surface area contributed by atoms with Crippen molar-refractivity contribution in [2.24, 2.45) is 0 Å². The Morgan fingerprint density at radius 1 is 1.00 bits per heavy atom. The molecular weight excluding hydrogens is 392 g/mol. The third-order valence-corrected chi connectivity index (χ3v) is 6.16. The molecule has 2 nitrogen and oxygen atoms in total. The molecule has 0 atom stereocenters. The van der Waals surface area contributed by atoms with Gasteiger partial charge in [0.2, 0.25) is 0 Å². The molecule has 2 fully saturated rings. The maximum absolute atomic E-state index is 3.74. The Morgan fingerprint density at radius 3 is 2.33 bits per heavy atom. The summed E-state index contributed by atoms with van der Waals surface area (Å²) in [6.45, 7) is 5.03. The minimum Gasteiger partial charge on any atom is -0.371 e. The maximum atomic E-state index is 3.74. The van der Waals surface area contributed by atoms with Gasteiger partial charge in [-0.25, -0.2) is 0 Å². The highest BCUT2D eigenvalue weighted by Gasteiger charge is 2.26. The van der Waals surface area contributed by atoms with Gasteiger partial charge in [-0.3, -0.25) is 0 Å². The van der Waals surface area contributed by atoms with Crippen molar-refractivity contribution in [3.63, 3.8) is 0 Å². The lowest BCUT2D eigenvalue weighted by atomic mass is 9.99. The van der Waals surface area contributed by atoms with Gasteiger partial charge in [-0.1, -0.05) is 28.4 Å². The predicted molar refractivity (Wildman–Crippen MR) is 97.4 cm³/mol. The number of hydrogen-bond donors (Lipinski definition) is 0. The number of piperidine rings is 2. The van der Waals surface area contributed by atoms with Crippen LogP contribution < -0.4 is 4.90 Å². The van der Waals surface area contributed by atoms with Gasteiger partial charge in [-0.15, -0.1) is 0 Å². The summed E-state index contributed by atoms with van der Waals surface area (Å²) in [7, 11) is 0. The normalized spacial score (nSPS) is 21.7. The van der Waals surface area contributed by atoms with E-state index in [1.807, 2.05) is 0 Å². The van der Waals surface area contributed by atoms with Gasteiger partial charge in [0.15, 0.2) is 0 Å². The van der Waals surface area contributed by atoms with Crippen LogP contribution in [0.1, 0.15) is 37.7 Å². The van der Waals surface area contributed by atoms with Crippen LogP contribution in [0.15, 0.2) is 22.7 Å². The third kappa shape index (κ3) is 3.83. The fourth-order valence-electron chi connectivity index (χ4n) is 3.65. The lowest BCUT2D eigenvalue weighted by Crippen LogP contribution is -2.46. The largest absolute Gasteiger partial charge is 0.371 e. The van der Waals surface area contributed by atoms with Gasteiger partial charge in [0.05, 0.1) is 5.69 Å². The van der Waals surface area contributed by atoms with Crippen molar-refractivity contribution in [3.8, 4) is 0 Å². The van der Waals surface area contributed by atoms with E-state index in [-0.39, 0.29) is 0 Å². The molecule has 0 aliphatic carbocycles. The first-order chi connectivity index (χ1) is 10.3. The zero-order valence-corrected chi connectivity index (χ0v) is 15.7. The van der Waals surface area contributed by atoms with Crippen molar-refractivity contribution in [1.82, 2.24) is 4.90 Å². The Labute approximate surface area is 145 Å². The number of anilines is 1. The van der Waals surface area contributed by atoms with Crippen LogP contribution in [0, 0.1) is 0 Å². The Hall–Kier alpha value is -0.0600. The highest BCUT2D eigenvalue weighted by molar-refractivity contribution is 9.10. The van der Waals surface area contributed by atoms with E-state index >= 15 is 0 Å². The number of likely N-dealkylation sites (tertiary alicyclic amines) is 1. The highest BCUT2D eigenvalue weighted by atomic mass is 79.9. The van der Waals surface area contributed by atoms with Crippen LogP contribution in [0.3, 0.4) is 0 Å². The van der Waals surface area contributed by atoms with Gasteiger partial charge < -0.3 is 9.80 Å². The third-order valence-electron chi connectivity index (χ3n) is 4.88. The minimum atomic E-state index is 0.821. The molecule has 3 rings (SSSR count). The Kier molecular flexibility index (Phi) is 5.63. The first-order valence-electron chi connectivity index (χ1n) is 8.11. The van der Waals surface area contributed by atoms with Crippen LogP contribution in [-0.4, -0.2) is 37.1 Å². The van der Waals surface area contributed by atoms with Crippen molar-refractivity contribution in [2.45, 2.75) is 43.5 Å². The molecule has 21 heavy (non-hydrogen) atoms. The lowest BCUT2D eigenvalue weighted by Gasteiger charge is -2.41. The number of rotatable bonds is 3. The minimum absolute atomic E-state index is 0.821. The van der Waals surface area contributed by atoms with Gasteiger partial charge in [0.1, 0.15) is 0 Å². The van der Waals surface area contributed by atoms with Crippen molar-refractivity contribution >= 4 is 37.5 Å². The zero-order valence-electron chi connectivity index (χ0n) is 12.5. The molecule has 0 aromatic heterocycles. The molecule has 0 saturated carbocycles. The quantitative estimate of drug-likeness (QED) is 0.654. The van der Waals surface area contributed by atoms with Crippen LogP contribution in [0.25, 0.3) is 0 Å². The maximum Gasteiger partial charge on any atom is 0.0510 e. The fraction of sp³-hybridized carbons (Fsp3) is 0.647. The van der Waals surface area contributed by atoms with E-state index in [0.717, 1.165) is 11.4 Å². The molecule has 1 aromatic carbocycles. The number of alkyl halides is 1. The summed E-state index contributed by atoms with van der Waals surface area (Å²) in [5.74, 6) is 0. The Balaban J connectivity index is 1.60. The molecule has 2 heterocycles. The van der Waals surface area contributed by atoms with Crippen molar-refractivity contribution in [3.05, 3.63) is 28.2 Å². The molecule has 0 N–H and O–H groups in total. The van der Waals surface area contributed by atoms with E-state index in [0.29, 0.717) is 0 Å². The second-order valence-corrected chi connectivity index (χ2v) is 7.65. The van der Waals surface area contributed by atoms with Crippen LogP contribution in [0.4, 0.5) is 5.69 Å². The smallest absolute Gasteiger partial charge is 0.0510 e. The summed E-state index contributed by atoms with van der Waals surface area (Å²) >= 11 is 7.27. The van der Waals surface area contributed by atoms with Crippen LogP contribution >= 0.6 is 31.9 Å². The topological polar surface area (TPSA) is 6.48 Å². The second-order valence-electron chi connectivity index (χ2n) is 6.23. The summed E-state index contributed by atoms with van der Waals surface area (Å²) in [6.07, 6.45) is 6.86. The molecule has 2 saturated heterocycles. The van der Waals surface area contributed by atoms with Crippen molar-refractivity contribution in [1.29, 1.82) is 0 Å². The SMILES string of the molecule is BrCc1ccc(N2CCC(N3CCCCC3)CC2)c(Br)c1. The van der Waals surface area contributed by atoms with E-state index in [9.17, 15) is 0 Å². The van der Waals surface area contributed by atoms with Crippen LogP contribution in [0.5, 0.6) is 0 Å². The number of halogens is 2. The molecule has 0 bridgehead atoms. The first kappa shape index (κ1) is 15.8. The molecular formula is C17H24Br2N2. The molecule has 0 spiro atoms. The first-order valence-corrected chi connectivity index (χ1v) is 10.0. The zero-order chi connectivity index (χ0) is 14.7. The summed E-state index contributed by atoms with van der Waals surface area (Å²) < 4.78 is 1.23. The lowest BCUT2D eigenvalue weighted by molar-refractivity contribution is 0.141. The molecule has 2 aliphatic rings. The number of hydrogen-bond acceptors (Lipinski definition) is 2. The Morgan fingerprint density at radius 2 is 1.71 bits per heavy atom. The van der Waals surface area contributed by atoms with E-state index in [1.165, 1.54) is 74.0 Å². The van der Waals surface area contributed by atoms with E-state index in [4.69, 9.17) is 0 Å². The van der Waals surface area contributed by atoms with E-state index in [2.05, 4.69) is 59.9 Å². The average Bonchev–Trinajstić information content (AvgIpc) is 2.56. The average molecular weight is 416 g/mol. The van der Waals surface area contributed by atoms with Gasteiger partial charge >= 0.3 is 0 Å². The molecule has 2 aliphatic heterocycles. The van der Waals surface area contributed by atoms with Gasteiger partial charge in [-0.05, 0) is 72.4 Å². The van der Waals surface area contributed by atoms with Gasteiger partial charge in [0.25, 0.3) is 0 Å². The molecule has 116 valence electrons. The fourth-order valence-corrected chi connectivity index (χ4v) is 4.67.